The Hall–Kier alpha value is -3.04. The van der Waals surface area contributed by atoms with Gasteiger partial charge in [0.05, 0.1) is 18.9 Å². The van der Waals surface area contributed by atoms with E-state index < -0.39 is 5.91 Å². The van der Waals surface area contributed by atoms with E-state index in [1.807, 2.05) is 0 Å². The van der Waals surface area contributed by atoms with Gasteiger partial charge in [-0.05, 0) is 35.9 Å². The van der Waals surface area contributed by atoms with Crippen molar-refractivity contribution in [3.05, 3.63) is 52.8 Å². The second-order valence-electron chi connectivity index (χ2n) is 4.44. The molecule has 0 aliphatic carbocycles. The van der Waals surface area contributed by atoms with Gasteiger partial charge in [-0.3, -0.25) is 4.79 Å². The second kappa shape index (κ2) is 8.56. The van der Waals surface area contributed by atoms with Crippen molar-refractivity contribution in [3.8, 4) is 23.8 Å². The Bertz CT molecular complexity index is 800. The predicted octanol–water partition coefficient (Wildman–Crippen LogP) is 2.52. The number of pyridine rings is 1. The van der Waals surface area contributed by atoms with Crippen LogP contribution in [0.2, 0.25) is 5.15 Å². The summed E-state index contributed by atoms with van der Waals surface area (Å²) in [5, 5.41) is 4.00. The third kappa shape index (κ3) is 4.48. The molecule has 0 spiro atoms. The molecule has 0 saturated carbocycles. The summed E-state index contributed by atoms with van der Waals surface area (Å²) < 4.78 is 10.6. The maximum atomic E-state index is 11.9. The summed E-state index contributed by atoms with van der Waals surface area (Å²) in [5.41, 5.74) is 3.33. The molecule has 0 atom stereocenters. The molecule has 0 saturated heterocycles. The number of carbonyl (C=O) groups is 1. The van der Waals surface area contributed by atoms with Crippen molar-refractivity contribution in [1.82, 2.24) is 10.4 Å². The number of hydrazone groups is 1. The minimum Gasteiger partial charge on any atom is -0.493 e. The highest BCUT2D eigenvalue weighted by molar-refractivity contribution is 6.32. The van der Waals surface area contributed by atoms with Gasteiger partial charge in [0.2, 0.25) is 0 Å². The van der Waals surface area contributed by atoms with E-state index in [0.717, 1.165) is 0 Å². The minimum absolute atomic E-state index is 0.113. The minimum atomic E-state index is -0.453. The number of carbonyl (C=O) groups excluding carboxylic acids is 1. The molecule has 6 nitrogen and oxygen atoms in total. The molecule has 1 amide bonds. The number of rotatable bonds is 6. The van der Waals surface area contributed by atoms with Crippen LogP contribution in [0.4, 0.5) is 0 Å². The average molecular weight is 344 g/mol. The van der Waals surface area contributed by atoms with Gasteiger partial charge >= 0.3 is 0 Å². The lowest BCUT2D eigenvalue weighted by molar-refractivity contribution is 0.0955. The van der Waals surface area contributed by atoms with Crippen LogP contribution in [0.25, 0.3) is 0 Å². The molecular weight excluding hydrogens is 330 g/mol. The summed E-state index contributed by atoms with van der Waals surface area (Å²) in [5.74, 6) is 2.96. The van der Waals surface area contributed by atoms with Gasteiger partial charge in [-0.25, -0.2) is 10.4 Å². The van der Waals surface area contributed by atoms with Crippen molar-refractivity contribution in [2.75, 3.05) is 13.7 Å². The molecule has 2 aromatic rings. The fraction of sp³-hybridized carbons (Fsp3) is 0.118. The molecule has 1 N–H and O–H groups in total. The fourth-order valence-corrected chi connectivity index (χ4v) is 1.99. The van der Waals surface area contributed by atoms with Gasteiger partial charge in [0.25, 0.3) is 5.91 Å². The molecule has 0 fully saturated rings. The topological polar surface area (TPSA) is 72.8 Å². The fourth-order valence-electron chi connectivity index (χ4n) is 1.78. The van der Waals surface area contributed by atoms with Crippen LogP contribution in [0.1, 0.15) is 15.9 Å². The van der Waals surface area contributed by atoms with Gasteiger partial charge in [0.1, 0.15) is 11.8 Å². The molecule has 0 radical (unpaired) electrons. The summed E-state index contributed by atoms with van der Waals surface area (Å²) in [6.07, 6.45) is 8.13. The molecule has 0 aliphatic heterocycles. The zero-order valence-electron chi connectivity index (χ0n) is 12.8. The normalized spacial score (nSPS) is 10.2. The molecule has 0 aliphatic rings. The lowest BCUT2D eigenvalue weighted by Crippen LogP contribution is -2.18. The van der Waals surface area contributed by atoms with E-state index in [1.165, 1.54) is 19.5 Å². The van der Waals surface area contributed by atoms with Gasteiger partial charge in [-0.2, -0.15) is 5.10 Å². The number of aromatic nitrogens is 1. The zero-order valence-corrected chi connectivity index (χ0v) is 13.6. The number of amides is 1. The molecule has 1 aromatic carbocycles. The number of benzene rings is 1. The highest BCUT2D eigenvalue weighted by Gasteiger charge is 2.09. The number of halogens is 1. The van der Waals surface area contributed by atoms with Crippen LogP contribution in [-0.4, -0.2) is 30.8 Å². The molecule has 1 heterocycles. The Morgan fingerprint density at radius 3 is 3.00 bits per heavy atom. The summed E-state index contributed by atoms with van der Waals surface area (Å²) in [6, 6.07) is 8.34. The van der Waals surface area contributed by atoms with E-state index >= 15 is 0 Å². The molecular formula is C17H14ClN3O3. The van der Waals surface area contributed by atoms with Crippen molar-refractivity contribution in [2.24, 2.45) is 5.10 Å². The highest BCUT2D eigenvalue weighted by atomic mass is 35.5. The number of hydrogen-bond acceptors (Lipinski definition) is 5. The molecule has 0 bridgehead atoms. The number of methoxy groups -OCH3 is 1. The van der Waals surface area contributed by atoms with E-state index in [4.69, 9.17) is 27.5 Å². The quantitative estimate of drug-likeness (QED) is 0.378. The summed E-state index contributed by atoms with van der Waals surface area (Å²) in [4.78, 5) is 15.8. The van der Waals surface area contributed by atoms with Gasteiger partial charge < -0.3 is 9.47 Å². The van der Waals surface area contributed by atoms with Gasteiger partial charge in [0, 0.05) is 6.20 Å². The smallest absolute Gasteiger partial charge is 0.274 e. The Balaban J connectivity index is 2.05. The second-order valence-corrected chi connectivity index (χ2v) is 4.80. The maximum Gasteiger partial charge on any atom is 0.274 e. The third-order valence-electron chi connectivity index (χ3n) is 2.88. The maximum absolute atomic E-state index is 11.9. The van der Waals surface area contributed by atoms with Crippen LogP contribution in [-0.2, 0) is 0 Å². The average Bonchev–Trinajstić information content (AvgIpc) is 2.60. The van der Waals surface area contributed by atoms with Crippen molar-refractivity contribution in [3.63, 3.8) is 0 Å². The number of terminal acetylenes is 1. The first-order valence-corrected chi connectivity index (χ1v) is 7.21. The first kappa shape index (κ1) is 17.3. The Labute approximate surface area is 144 Å². The summed E-state index contributed by atoms with van der Waals surface area (Å²) in [7, 11) is 1.52. The van der Waals surface area contributed by atoms with Crippen molar-refractivity contribution >= 4 is 23.7 Å². The van der Waals surface area contributed by atoms with E-state index in [-0.39, 0.29) is 17.3 Å². The number of hydrogen-bond donors (Lipinski definition) is 1. The van der Waals surface area contributed by atoms with E-state index in [0.29, 0.717) is 17.1 Å². The Morgan fingerprint density at radius 1 is 1.46 bits per heavy atom. The van der Waals surface area contributed by atoms with Crippen molar-refractivity contribution in [1.29, 1.82) is 0 Å². The SMILES string of the molecule is C#CCOc1ccc(C=NNC(=O)c2cccnc2Cl)cc1OC. The molecule has 122 valence electrons. The lowest BCUT2D eigenvalue weighted by atomic mass is 10.2. The third-order valence-corrected chi connectivity index (χ3v) is 3.18. The van der Waals surface area contributed by atoms with Crippen LogP contribution < -0.4 is 14.9 Å². The van der Waals surface area contributed by atoms with Crippen LogP contribution in [0.5, 0.6) is 11.5 Å². The largest absolute Gasteiger partial charge is 0.493 e. The van der Waals surface area contributed by atoms with Gasteiger partial charge in [-0.1, -0.05) is 17.5 Å². The van der Waals surface area contributed by atoms with E-state index in [2.05, 4.69) is 21.4 Å². The van der Waals surface area contributed by atoms with Crippen molar-refractivity contribution in [2.45, 2.75) is 0 Å². The lowest BCUT2D eigenvalue weighted by Gasteiger charge is -2.09. The Kier molecular flexibility index (Phi) is 6.17. The predicted molar refractivity (Wildman–Crippen MR) is 91.6 cm³/mol. The van der Waals surface area contributed by atoms with E-state index in [9.17, 15) is 4.79 Å². The zero-order chi connectivity index (χ0) is 17.4. The number of ether oxygens (including phenoxy) is 2. The molecule has 0 unspecified atom stereocenters. The summed E-state index contributed by atoms with van der Waals surface area (Å²) in [6.45, 7) is 0.145. The van der Waals surface area contributed by atoms with Crippen LogP contribution in [0.3, 0.4) is 0 Å². The first-order chi connectivity index (χ1) is 11.7. The number of nitrogens with one attached hydrogen (secondary N) is 1. The highest BCUT2D eigenvalue weighted by Crippen LogP contribution is 2.27. The molecule has 2 rings (SSSR count). The summed E-state index contributed by atoms with van der Waals surface area (Å²) >= 11 is 5.85. The van der Waals surface area contributed by atoms with E-state index in [1.54, 1.807) is 30.3 Å². The molecule has 1 aromatic heterocycles. The Morgan fingerprint density at radius 2 is 2.29 bits per heavy atom. The van der Waals surface area contributed by atoms with Gasteiger partial charge in [-0.15, -0.1) is 6.42 Å². The number of nitrogens with zero attached hydrogens (tertiary/aromatic N) is 2. The van der Waals surface area contributed by atoms with Crippen molar-refractivity contribution < 1.29 is 14.3 Å². The van der Waals surface area contributed by atoms with Crippen LogP contribution in [0, 0.1) is 12.3 Å². The van der Waals surface area contributed by atoms with Crippen LogP contribution in [0.15, 0.2) is 41.6 Å². The standard InChI is InChI=1S/C17H14ClN3O3/c1-3-9-24-14-7-6-12(10-15(14)23-2)11-20-21-17(22)13-5-4-8-19-16(13)18/h1,4-8,10-11H,9H2,2H3,(H,21,22). The monoisotopic (exact) mass is 343 g/mol. The molecule has 24 heavy (non-hydrogen) atoms. The van der Waals surface area contributed by atoms with Gasteiger partial charge in [0.15, 0.2) is 11.5 Å². The molecule has 7 heteroatoms. The first-order valence-electron chi connectivity index (χ1n) is 6.84. The van der Waals surface area contributed by atoms with Crippen LogP contribution >= 0.6 is 11.6 Å².